The Hall–Kier alpha value is -3.52. The second-order valence-electron chi connectivity index (χ2n) is 11.1. The molecule has 0 unspecified atom stereocenters. The van der Waals surface area contributed by atoms with E-state index in [1.807, 2.05) is 19.3 Å². The van der Waals surface area contributed by atoms with Gasteiger partial charge < -0.3 is 20.1 Å². The van der Waals surface area contributed by atoms with Crippen LogP contribution in [0.1, 0.15) is 66.5 Å². The first-order valence-electron chi connectivity index (χ1n) is 13.4. The lowest BCUT2D eigenvalue weighted by atomic mass is 9.73. The molecule has 0 amide bonds. The SMILES string of the molecule is C.Cc1nc2c(nc1N1CCC3(CC1)Cc1ccccc1[C@H]3N)CN=C2N1CCCc2c1ccn(C)c2=O. The molecule has 8 nitrogen and oxygen atoms in total. The molecule has 1 atom stereocenters. The maximum absolute atomic E-state index is 12.7. The highest BCUT2D eigenvalue weighted by atomic mass is 16.1. The summed E-state index contributed by atoms with van der Waals surface area (Å²) < 4.78 is 1.66. The number of pyridine rings is 1. The van der Waals surface area contributed by atoms with E-state index in [0.29, 0.717) is 6.54 Å². The Balaban J connectivity index is 0.00000264. The van der Waals surface area contributed by atoms with Crippen molar-refractivity contribution in [2.45, 2.75) is 59.0 Å². The third-order valence-corrected chi connectivity index (χ3v) is 9.06. The van der Waals surface area contributed by atoms with Crippen molar-refractivity contribution in [3.05, 3.63) is 80.7 Å². The van der Waals surface area contributed by atoms with Crippen LogP contribution in [0.3, 0.4) is 0 Å². The molecule has 1 saturated heterocycles. The second-order valence-corrected chi connectivity index (χ2v) is 11.1. The highest BCUT2D eigenvalue weighted by Crippen LogP contribution is 2.51. The summed E-state index contributed by atoms with van der Waals surface area (Å²) in [7, 11) is 1.81. The van der Waals surface area contributed by atoms with Gasteiger partial charge in [0, 0.05) is 44.5 Å². The third kappa shape index (κ3) is 3.61. The van der Waals surface area contributed by atoms with Crippen LogP contribution in [-0.4, -0.2) is 40.0 Å². The number of aromatic nitrogens is 3. The van der Waals surface area contributed by atoms with Crippen molar-refractivity contribution in [3.63, 3.8) is 0 Å². The van der Waals surface area contributed by atoms with E-state index < -0.39 is 0 Å². The summed E-state index contributed by atoms with van der Waals surface area (Å²) in [6.45, 7) is 5.29. The number of anilines is 2. The van der Waals surface area contributed by atoms with Crippen molar-refractivity contribution in [1.82, 2.24) is 14.5 Å². The summed E-state index contributed by atoms with van der Waals surface area (Å²) in [5, 5.41) is 0. The quantitative estimate of drug-likeness (QED) is 0.536. The van der Waals surface area contributed by atoms with E-state index in [4.69, 9.17) is 20.7 Å². The van der Waals surface area contributed by atoms with Crippen LogP contribution in [0.2, 0.25) is 0 Å². The van der Waals surface area contributed by atoms with Gasteiger partial charge in [-0.15, -0.1) is 0 Å². The number of piperidine rings is 1. The molecule has 5 heterocycles. The van der Waals surface area contributed by atoms with Crippen LogP contribution in [-0.2, 0) is 26.4 Å². The number of benzene rings is 1. The van der Waals surface area contributed by atoms with Gasteiger partial charge in [-0.25, -0.2) is 9.97 Å². The summed E-state index contributed by atoms with van der Waals surface area (Å²) in [5.41, 5.74) is 14.3. The molecule has 8 heteroatoms. The fourth-order valence-corrected chi connectivity index (χ4v) is 6.96. The van der Waals surface area contributed by atoms with Crippen molar-refractivity contribution >= 4 is 17.3 Å². The molecular weight excluding hydrogens is 474 g/mol. The lowest BCUT2D eigenvalue weighted by Crippen LogP contribution is -2.45. The molecule has 1 aliphatic carbocycles. The Kier molecular flexibility index (Phi) is 5.90. The first-order chi connectivity index (χ1) is 17.9. The third-order valence-electron chi connectivity index (χ3n) is 9.06. The van der Waals surface area contributed by atoms with Gasteiger partial charge >= 0.3 is 0 Å². The molecule has 0 bridgehead atoms. The summed E-state index contributed by atoms with van der Waals surface area (Å²) in [6, 6.07) is 10.8. The number of nitrogens with two attached hydrogens (primary N) is 1. The van der Waals surface area contributed by atoms with Gasteiger partial charge in [-0.1, -0.05) is 31.7 Å². The van der Waals surface area contributed by atoms with Gasteiger partial charge in [0.1, 0.15) is 11.5 Å². The van der Waals surface area contributed by atoms with E-state index in [9.17, 15) is 4.79 Å². The standard InChI is InChI=1S/C29H33N7O.CH4/c1-18-26(35-14-10-29(11-15-35)16-19-6-3-4-7-20(19)25(29)30)33-22-17-31-27(24(22)32-18)36-12-5-8-21-23(36)9-13-34(2)28(21)37;/h3-4,6-7,9,13,25H,5,8,10-12,14-17,30H2,1-2H3;1H4/t25-;/m1./s1. The van der Waals surface area contributed by atoms with E-state index in [1.165, 1.54) is 11.1 Å². The minimum Gasteiger partial charge on any atom is -0.355 e. The fourth-order valence-electron chi connectivity index (χ4n) is 6.96. The highest BCUT2D eigenvalue weighted by molar-refractivity contribution is 6.11. The Morgan fingerprint density at radius 2 is 1.87 bits per heavy atom. The zero-order valence-corrected chi connectivity index (χ0v) is 21.6. The summed E-state index contributed by atoms with van der Waals surface area (Å²) >= 11 is 0. The van der Waals surface area contributed by atoms with Crippen LogP contribution >= 0.6 is 0 Å². The normalized spacial score (nSPS) is 21.0. The number of aliphatic imine (C=N–C) groups is 1. The van der Waals surface area contributed by atoms with Crippen LogP contribution < -0.4 is 21.1 Å². The number of fused-ring (bicyclic) bond motifs is 3. The molecule has 0 radical (unpaired) electrons. The van der Waals surface area contributed by atoms with E-state index >= 15 is 0 Å². The average molecular weight is 512 g/mol. The summed E-state index contributed by atoms with van der Waals surface area (Å²) in [6.07, 6.45) is 6.75. The smallest absolute Gasteiger partial charge is 0.255 e. The van der Waals surface area contributed by atoms with Crippen LogP contribution in [0.15, 0.2) is 46.3 Å². The molecule has 1 fully saturated rings. The molecule has 38 heavy (non-hydrogen) atoms. The number of hydrogen-bond donors (Lipinski definition) is 1. The van der Waals surface area contributed by atoms with Gasteiger partial charge in [0.2, 0.25) is 0 Å². The summed E-state index contributed by atoms with van der Waals surface area (Å²) in [5.74, 6) is 1.82. The topological polar surface area (TPSA) is 92.6 Å². The molecular formula is C30H37N7O. The number of nitrogens with zero attached hydrogens (tertiary/aromatic N) is 6. The van der Waals surface area contributed by atoms with E-state index in [1.54, 1.807) is 4.57 Å². The van der Waals surface area contributed by atoms with Gasteiger partial charge in [0.25, 0.3) is 5.56 Å². The molecule has 198 valence electrons. The predicted octanol–water partition coefficient (Wildman–Crippen LogP) is 3.68. The largest absolute Gasteiger partial charge is 0.355 e. The maximum atomic E-state index is 12.7. The average Bonchev–Trinajstić information content (AvgIpc) is 3.44. The van der Waals surface area contributed by atoms with Gasteiger partial charge in [-0.05, 0) is 61.6 Å². The van der Waals surface area contributed by atoms with Crippen LogP contribution in [0.4, 0.5) is 11.5 Å². The first kappa shape index (κ1) is 24.8. The van der Waals surface area contributed by atoms with Crippen molar-refractivity contribution in [2.24, 2.45) is 23.2 Å². The highest BCUT2D eigenvalue weighted by Gasteiger charge is 2.46. The van der Waals surface area contributed by atoms with Crippen molar-refractivity contribution in [3.8, 4) is 0 Å². The van der Waals surface area contributed by atoms with Gasteiger partial charge in [0.05, 0.1) is 23.6 Å². The predicted molar refractivity (Wildman–Crippen MR) is 152 cm³/mol. The molecule has 7 rings (SSSR count). The molecule has 2 aromatic heterocycles. The van der Waals surface area contributed by atoms with Crippen molar-refractivity contribution < 1.29 is 0 Å². The molecule has 1 spiro atoms. The lowest BCUT2D eigenvalue weighted by molar-refractivity contribution is 0.187. The summed E-state index contributed by atoms with van der Waals surface area (Å²) in [4.78, 5) is 32.3. The zero-order valence-electron chi connectivity index (χ0n) is 21.6. The molecule has 2 N–H and O–H groups in total. The van der Waals surface area contributed by atoms with Crippen LogP contribution in [0, 0.1) is 12.3 Å². The number of rotatable bonds is 1. The molecule has 1 aromatic carbocycles. The van der Waals surface area contributed by atoms with Gasteiger partial charge in [-0.2, -0.15) is 0 Å². The minimum atomic E-state index is 0. The number of hydrogen-bond acceptors (Lipinski definition) is 7. The first-order valence-corrected chi connectivity index (χ1v) is 13.4. The maximum Gasteiger partial charge on any atom is 0.255 e. The zero-order chi connectivity index (χ0) is 25.3. The van der Waals surface area contributed by atoms with E-state index in [2.05, 4.69) is 41.0 Å². The Morgan fingerprint density at radius 3 is 2.66 bits per heavy atom. The molecule has 3 aliphatic heterocycles. The van der Waals surface area contributed by atoms with E-state index in [-0.39, 0.29) is 24.4 Å². The minimum absolute atomic E-state index is 0. The molecule has 4 aliphatic rings. The fraction of sp³-hybridized carbons (Fsp3) is 0.467. The number of aryl methyl sites for hydroxylation is 2. The van der Waals surface area contributed by atoms with Crippen LogP contribution in [0.25, 0.3) is 0 Å². The Morgan fingerprint density at radius 1 is 1.08 bits per heavy atom. The Labute approximate surface area is 224 Å². The van der Waals surface area contributed by atoms with Gasteiger partial charge in [0.15, 0.2) is 5.84 Å². The number of amidine groups is 1. The second kappa shape index (κ2) is 9.05. The monoisotopic (exact) mass is 511 g/mol. The van der Waals surface area contributed by atoms with Crippen molar-refractivity contribution in [1.29, 1.82) is 0 Å². The Bertz CT molecular complexity index is 1500. The lowest BCUT2D eigenvalue weighted by Gasteiger charge is -2.43. The van der Waals surface area contributed by atoms with Gasteiger partial charge in [-0.3, -0.25) is 9.79 Å². The molecule has 3 aromatic rings. The van der Waals surface area contributed by atoms with E-state index in [0.717, 1.165) is 91.7 Å². The molecule has 0 saturated carbocycles. The van der Waals surface area contributed by atoms with Crippen LogP contribution in [0.5, 0.6) is 0 Å². The van der Waals surface area contributed by atoms with Crippen molar-refractivity contribution in [2.75, 3.05) is 29.4 Å².